The van der Waals surface area contributed by atoms with Crippen molar-refractivity contribution in [1.82, 2.24) is 0 Å². The van der Waals surface area contributed by atoms with Crippen molar-refractivity contribution in [3.63, 3.8) is 0 Å². The molecule has 9 heteroatoms. The van der Waals surface area contributed by atoms with Gasteiger partial charge in [0.2, 0.25) is 0 Å². The summed E-state index contributed by atoms with van der Waals surface area (Å²) in [4.78, 5) is 51.4. The number of carboxylic acid groups (broad SMARTS) is 1. The highest BCUT2D eigenvalue weighted by molar-refractivity contribution is 6.30. The van der Waals surface area contributed by atoms with E-state index >= 15 is 0 Å². The van der Waals surface area contributed by atoms with Gasteiger partial charge in [-0.05, 0) is 86.7 Å². The van der Waals surface area contributed by atoms with Crippen molar-refractivity contribution in [3.05, 3.63) is 93.5 Å². The average molecular weight is 563 g/mol. The van der Waals surface area contributed by atoms with Crippen LogP contribution in [0.1, 0.15) is 75.6 Å². The van der Waals surface area contributed by atoms with E-state index in [0.717, 1.165) is 5.56 Å². The van der Waals surface area contributed by atoms with Crippen LogP contribution >= 0.6 is 11.6 Å². The zero-order chi connectivity index (χ0) is 28.8. The molecule has 0 aromatic heterocycles. The molecule has 1 atom stereocenters. The fourth-order valence-corrected chi connectivity index (χ4v) is 5.01. The Morgan fingerprint density at radius 1 is 0.975 bits per heavy atom. The number of fused-ring (bicyclic) bond motifs is 1. The maximum Gasteiger partial charge on any atom is 0.306 e. The summed E-state index contributed by atoms with van der Waals surface area (Å²) >= 11 is 6.29. The molecular weight excluding hydrogens is 532 g/mol. The average Bonchev–Trinajstić information content (AvgIpc) is 3.07. The summed E-state index contributed by atoms with van der Waals surface area (Å²) in [5.74, 6) is -1.90. The fourth-order valence-electron chi connectivity index (χ4n) is 4.83. The Bertz CT molecular complexity index is 1450. The Hall–Kier alpha value is -4.17. The Balaban J connectivity index is 1.54. The highest BCUT2D eigenvalue weighted by atomic mass is 35.5. The maximum atomic E-state index is 13.8. The molecule has 0 saturated carbocycles. The largest absolute Gasteiger partial charge is 0.481 e. The number of nitrogens with one attached hydrogen (secondary N) is 1. The fraction of sp³-hybridized carbons (Fsp3) is 0.290. The third-order valence-electron chi connectivity index (χ3n) is 6.87. The van der Waals surface area contributed by atoms with Gasteiger partial charge in [-0.15, -0.1) is 0 Å². The van der Waals surface area contributed by atoms with Gasteiger partial charge >= 0.3 is 11.9 Å². The molecule has 3 aromatic carbocycles. The van der Waals surface area contributed by atoms with Crippen LogP contribution in [0.3, 0.4) is 0 Å². The number of rotatable bonds is 8. The molecule has 0 fully saturated rings. The van der Waals surface area contributed by atoms with Crippen LogP contribution in [0.4, 0.5) is 11.4 Å². The van der Waals surface area contributed by atoms with Crippen LogP contribution in [0.15, 0.2) is 60.7 Å². The van der Waals surface area contributed by atoms with E-state index in [9.17, 15) is 19.2 Å². The van der Waals surface area contributed by atoms with Gasteiger partial charge in [0.15, 0.2) is 0 Å². The molecule has 1 unspecified atom stereocenters. The number of nitrogens with zero attached hydrogens (tertiary/aromatic N) is 1. The minimum atomic E-state index is -0.967. The van der Waals surface area contributed by atoms with Gasteiger partial charge < -0.3 is 20.1 Å². The first-order chi connectivity index (χ1) is 19.1. The number of anilines is 2. The van der Waals surface area contributed by atoms with Crippen molar-refractivity contribution >= 4 is 46.7 Å². The minimum Gasteiger partial charge on any atom is -0.481 e. The van der Waals surface area contributed by atoms with Gasteiger partial charge in [-0.1, -0.05) is 29.8 Å². The van der Waals surface area contributed by atoms with E-state index in [0.29, 0.717) is 58.0 Å². The van der Waals surface area contributed by atoms with Crippen molar-refractivity contribution in [2.75, 3.05) is 16.8 Å². The van der Waals surface area contributed by atoms with Crippen LogP contribution in [-0.2, 0) is 14.3 Å². The van der Waals surface area contributed by atoms with Crippen LogP contribution in [0.25, 0.3) is 0 Å². The Morgan fingerprint density at radius 3 is 2.48 bits per heavy atom. The number of aryl methyl sites for hydroxylation is 2. The highest BCUT2D eigenvalue weighted by Crippen LogP contribution is 2.38. The van der Waals surface area contributed by atoms with Crippen molar-refractivity contribution in [3.8, 4) is 0 Å². The number of amides is 2. The first-order valence-electron chi connectivity index (χ1n) is 13.1. The number of hydrogen-bond acceptors (Lipinski definition) is 5. The smallest absolute Gasteiger partial charge is 0.306 e. The van der Waals surface area contributed by atoms with Gasteiger partial charge in [0, 0.05) is 46.8 Å². The van der Waals surface area contributed by atoms with Crippen LogP contribution in [0.5, 0.6) is 0 Å². The zero-order valence-electron chi connectivity index (χ0n) is 22.4. The van der Waals surface area contributed by atoms with Gasteiger partial charge in [0.05, 0.1) is 5.69 Å². The molecule has 0 bridgehead atoms. The van der Waals surface area contributed by atoms with E-state index in [-0.39, 0.29) is 31.1 Å². The maximum absolute atomic E-state index is 13.8. The van der Waals surface area contributed by atoms with Crippen LogP contribution in [0.2, 0.25) is 5.02 Å². The molecule has 0 saturated heterocycles. The van der Waals surface area contributed by atoms with E-state index in [1.54, 1.807) is 47.4 Å². The lowest BCUT2D eigenvalue weighted by atomic mass is 10.0. The lowest BCUT2D eigenvalue weighted by Crippen LogP contribution is -2.32. The predicted octanol–water partition coefficient (Wildman–Crippen LogP) is 6.49. The Kier molecular flexibility index (Phi) is 9.22. The topological polar surface area (TPSA) is 113 Å². The molecule has 40 heavy (non-hydrogen) atoms. The highest BCUT2D eigenvalue weighted by Gasteiger charge is 2.30. The summed E-state index contributed by atoms with van der Waals surface area (Å²) in [6.45, 7) is 4.10. The summed E-state index contributed by atoms with van der Waals surface area (Å²) in [6, 6.07) is 17.6. The van der Waals surface area contributed by atoms with Crippen molar-refractivity contribution < 1.29 is 29.0 Å². The second-order valence-corrected chi connectivity index (χ2v) is 10.3. The molecule has 8 nitrogen and oxygen atoms in total. The lowest BCUT2D eigenvalue weighted by Gasteiger charge is -2.25. The molecule has 2 N–H and O–H groups in total. The molecule has 0 aliphatic carbocycles. The second kappa shape index (κ2) is 12.8. The lowest BCUT2D eigenvalue weighted by molar-refractivity contribution is -0.150. The van der Waals surface area contributed by atoms with Crippen molar-refractivity contribution in [2.45, 2.75) is 52.1 Å². The van der Waals surface area contributed by atoms with Crippen LogP contribution < -0.4 is 10.2 Å². The third-order valence-corrected chi connectivity index (χ3v) is 7.11. The predicted molar refractivity (Wildman–Crippen MR) is 153 cm³/mol. The molecule has 2 amide bonds. The number of carbonyl (C=O) groups is 4. The molecule has 208 valence electrons. The quantitative estimate of drug-likeness (QED) is 0.303. The summed E-state index contributed by atoms with van der Waals surface area (Å²) in [5.41, 5.74) is 4.45. The monoisotopic (exact) mass is 562 g/mol. The molecule has 3 aromatic rings. The number of esters is 1. The standard InChI is InChI=1S/C31H31ClN2O6/c1-19-7-3-4-8-23(19)30(38)33-22-13-14-24(20(2)17-22)31(39)34-16-6-9-27(25-18-21(32)12-15-26(25)34)40-29(37)11-5-10-28(35)36/h3-4,7-8,12-15,17-18,27H,5-6,9-11,16H2,1-2H3,(H,33,38)(H,35,36). The summed E-state index contributed by atoms with van der Waals surface area (Å²) in [5, 5.41) is 12.2. The normalized spacial score (nSPS) is 14.6. The van der Waals surface area contributed by atoms with Gasteiger partial charge in [-0.2, -0.15) is 0 Å². The molecule has 1 heterocycles. The summed E-state index contributed by atoms with van der Waals surface area (Å²) < 4.78 is 5.72. The van der Waals surface area contributed by atoms with E-state index in [1.807, 2.05) is 32.0 Å². The molecular formula is C31H31ClN2O6. The summed E-state index contributed by atoms with van der Waals surface area (Å²) in [7, 11) is 0. The SMILES string of the molecule is Cc1ccccc1C(=O)Nc1ccc(C(=O)N2CCCC(OC(=O)CCCC(=O)O)c3cc(Cl)ccc32)c(C)c1. The van der Waals surface area contributed by atoms with E-state index in [1.165, 1.54) is 0 Å². The Morgan fingerprint density at radius 2 is 1.75 bits per heavy atom. The first kappa shape index (κ1) is 28.8. The summed E-state index contributed by atoms with van der Waals surface area (Å²) in [6.07, 6.45) is 0.531. The molecule has 0 spiro atoms. The number of halogens is 1. The molecule has 1 aliphatic rings. The van der Waals surface area contributed by atoms with E-state index < -0.39 is 18.0 Å². The third kappa shape index (κ3) is 6.87. The van der Waals surface area contributed by atoms with E-state index in [4.69, 9.17) is 21.4 Å². The number of aliphatic carboxylic acids is 1. The van der Waals surface area contributed by atoms with Gasteiger partial charge in [-0.25, -0.2) is 0 Å². The van der Waals surface area contributed by atoms with Crippen LogP contribution in [-0.4, -0.2) is 35.4 Å². The van der Waals surface area contributed by atoms with Crippen LogP contribution in [0, 0.1) is 13.8 Å². The van der Waals surface area contributed by atoms with Gasteiger partial charge in [0.1, 0.15) is 6.10 Å². The number of benzene rings is 3. The number of hydrogen-bond donors (Lipinski definition) is 2. The van der Waals surface area contributed by atoms with Gasteiger partial charge in [0.25, 0.3) is 11.8 Å². The van der Waals surface area contributed by atoms with Crippen molar-refractivity contribution in [1.29, 1.82) is 0 Å². The second-order valence-electron chi connectivity index (χ2n) is 9.83. The number of carboxylic acids is 1. The molecule has 0 radical (unpaired) electrons. The van der Waals surface area contributed by atoms with E-state index in [2.05, 4.69) is 5.32 Å². The van der Waals surface area contributed by atoms with Crippen molar-refractivity contribution in [2.24, 2.45) is 0 Å². The Labute approximate surface area is 237 Å². The van der Waals surface area contributed by atoms with Gasteiger partial charge in [-0.3, -0.25) is 19.2 Å². The minimum absolute atomic E-state index is 0.00668. The molecule has 1 aliphatic heterocycles. The zero-order valence-corrected chi connectivity index (χ0v) is 23.2. The first-order valence-corrected chi connectivity index (χ1v) is 13.5. The number of ether oxygens (including phenoxy) is 1. The molecule has 4 rings (SSSR count). The number of carbonyl (C=O) groups excluding carboxylic acids is 3.